The molecule has 0 saturated carbocycles. The summed E-state index contributed by atoms with van der Waals surface area (Å²) in [7, 11) is 3.20. The van der Waals surface area contributed by atoms with Crippen LogP contribution in [0.25, 0.3) is 45.3 Å². The van der Waals surface area contributed by atoms with Crippen molar-refractivity contribution in [2.75, 3.05) is 14.2 Å². The van der Waals surface area contributed by atoms with E-state index in [0.717, 1.165) is 52.0 Å². The Kier molecular flexibility index (Phi) is 7.13. The average molecular weight is 542 g/mol. The van der Waals surface area contributed by atoms with Gasteiger partial charge in [0.15, 0.2) is 11.5 Å². The second-order valence-electron chi connectivity index (χ2n) is 9.84. The molecule has 0 amide bonds. The molecule has 0 aliphatic carbocycles. The highest BCUT2D eigenvalue weighted by molar-refractivity contribution is 6.11. The Balaban J connectivity index is 1.50. The summed E-state index contributed by atoms with van der Waals surface area (Å²) in [5, 5.41) is 0. The van der Waals surface area contributed by atoms with E-state index in [-0.39, 0.29) is 5.78 Å². The van der Waals surface area contributed by atoms with Gasteiger partial charge in [-0.3, -0.25) is 9.20 Å². The summed E-state index contributed by atoms with van der Waals surface area (Å²) in [5.74, 6) is 1.88. The minimum atomic E-state index is -0.131. The number of carbonyl (C=O) groups is 1. The van der Waals surface area contributed by atoms with E-state index in [4.69, 9.17) is 14.5 Å². The van der Waals surface area contributed by atoms with Crippen molar-refractivity contribution in [3.63, 3.8) is 0 Å². The highest BCUT2D eigenvalue weighted by Gasteiger charge is 2.24. The van der Waals surface area contributed by atoms with Gasteiger partial charge in [0.2, 0.25) is 11.6 Å². The molecule has 6 aromatic rings. The maximum Gasteiger partial charge on any atom is 0.216 e. The van der Waals surface area contributed by atoms with Crippen LogP contribution in [0.3, 0.4) is 0 Å². The Hall–Kier alpha value is -5.10. The van der Waals surface area contributed by atoms with E-state index in [0.29, 0.717) is 22.9 Å². The molecule has 2 heterocycles. The van der Waals surface area contributed by atoms with Gasteiger partial charge in [-0.1, -0.05) is 85.8 Å². The van der Waals surface area contributed by atoms with Crippen molar-refractivity contribution in [3.05, 3.63) is 114 Å². The SMILES string of the molecule is CCCn1c2ccccc2n2c(C(=O)C=Cc3ccc(OC)c(OC)c3)c(-c3ccc(-c4ccccc4)cc3)nc12. The molecule has 0 atom stereocenters. The fourth-order valence-corrected chi connectivity index (χ4v) is 5.34. The number of ether oxygens (including phenoxy) is 2. The lowest BCUT2D eigenvalue weighted by Gasteiger charge is -2.08. The molecule has 0 fully saturated rings. The summed E-state index contributed by atoms with van der Waals surface area (Å²) in [5.41, 5.74) is 7.19. The maximum absolute atomic E-state index is 14.1. The zero-order valence-electron chi connectivity index (χ0n) is 23.4. The first kappa shape index (κ1) is 26.1. The molecule has 0 spiro atoms. The number of hydrogen-bond donors (Lipinski definition) is 0. The van der Waals surface area contributed by atoms with Crippen LogP contribution in [0.2, 0.25) is 0 Å². The van der Waals surface area contributed by atoms with Crippen LogP contribution in [0.5, 0.6) is 11.5 Å². The molecule has 4 aromatic carbocycles. The summed E-state index contributed by atoms with van der Waals surface area (Å²) >= 11 is 0. The molecular formula is C35H31N3O3. The van der Waals surface area contributed by atoms with E-state index in [1.165, 1.54) is 0 Å². The van der Waals surface area contributed by atoms with Crippen molar-refractivity contribution >= 4 is 28.7 Å². The van der Waals surface area contributed by atoms with Crippen molar-refractivity contribution in [3.8, 4) is 33.9 Å². The van der Waals surface area contributed by atoms with Crippen molar-refractivity contribution < 1.29 is 14.3 Å². The van der Waals surface area contributed by atoms with E-state index < -0.39 is 0 Å². The number of imidazole rings is 2. The minimum absolute atomic E-state index is 0.131. The zero-order valence-corrected chi connectivity index (χ0v) is 23.4. The van der Waals surface area contributed by atoms with Gasteiger partial charge in [0.05, 0.1) is 25.3 Å². The number of rotatable bonds is 9. The minimum Gasteiger partial charge on any atom is -0.493 e. The Labute approximate surface area is 239 Å². The van der Waals surface area contributed by atoms with Crippen LogP contribution in [0, 0.1) is 0 Å². The van der Waals surface area contributed by atoms with Gasteiger partial charge in [0.1, 0.15) is 11.4 Å². The quantitative estimate of drug-likeness (QED) is 0.138. The number of aryl methyl sites for hydroxylation is 1. The summed E-state index contributed by atoms with van der Waals surface area (Å²) in [4.78, 5) is 19.2. The number of aromatic nitrogens is 3. The van der Waals surface area contributed by atoms with Crippen molar-refractivity contribution in [2.24, 2.45) is 0 Å². The number of methoxy groups -OCH3 is 2. The summed E-state index contributed by atoms with van der Waals surface area (Å²) in [6.45, 7) is 2.95. The molecule has 0 aliphatic heterocycles. The Morgan fingerprint density at radius 3 is 2.15 bits per heavy atom. The molecule has 0 N–H and O–H groups in total. The van der Waals surface area contributed by atoms with Gasteiger partial charge in [-0.15, -0.1) is 0 Å². The lowest BCUT2D eigenvalue weighted by Crippen LogP contribution is -2.02. The Bertz CT molecular complexity index is 1880. The molecule has 2 aromatic heterocycles. The summed E-state index contributed by atoms with van der Waals surface area (Å²) < 4.78 is 15.0. The van der Waals surface area contributed by atoms with Gasteiger partial charge in [0, 0.05) is 12.1 Å². The molecule has 0 bridgehead atoms. The highest BCUT2D eigenvalue weighted by Crippen LogP contribution is 2.33. The van der Waals surface area contributed by atoms with E-state index in [1.54, 1.807) is 26.4 Å². The smallest absolute Gasteiger partial charge is 0.216 e. The third-order valence-corrected chi connectivity index (χ3v) is 7.30. The number of ketones is 1. The second kappa shape index (κ2) is 11.2. The van der Waals surface area contributed by atoms with Crippen LogP contribution < -0.4 is 9.47 Å². The topological polar surface area (TPSA) is 57.8 Å². The molecule has 0 radical (unpaired) electrons. The van der Waals surface area contributed by atoms with Gasteiger partial charge < -0.3 is 14.0 Å². The molecular weight excluding hydrogens is 510 g/mol. The number of hydrogen-bond acceptors (Lipinski definition) is 4. The monoisotopic (exact) mass is 541 g/mol. The lowest BCUT2D eigenvalue weighted by atomic mass is 10.0. The standard InChI is InChI=1S/C35H31N3O3/c1-4-22-37-28-12-8-9-13-29(28)38-34(30(39)20-14-24-15-21-31(40-2)32(23-24)41-3)33(36-35(37)38)27-18-16-26(17-19-27)25-10-6-5-7-11-25/h5-21,23H,4,22H2,1-3H3. The maximum atomic E-state index is 14.1. The Morgan fingerprint density at radius 1 is 0.780 bits per heavy atom. The van der Waals surface area contributed by atoms with Gasteiger partial charge in [0.25, 0.3) is 0 Å². The molecule has 6 rings (SSSR count). The van der Waals surface area contributed by atoms with Gasteiger partial charge >= 0.3 is 0 Å². The number of nitrogens with zero attached hydrogens (tertiary/aromatic N) is 3. The van der Waals surface area contributed by atoms with Crippen LogP contribution in [-0.2, 0) is 6.54 Å². The Morgan fingerprint density at radius 2 is 1.44 bits per heavy atom. The summed E-state index contributed by atoms with van der Waals surface area (Å²) in [6.07, 6.45) is 4.36. The fourth-order valence-electron chi connectivity index (χ4n) is 5.34. The first-order valence-electron chi connectivity index (χ1n) is 13.7. The normalized spacial score (nSPS) is 11.5. The fraction of sp³-hybridized carbons (Fsp3) is 0.143. The third kappa shape index (κ3) is 4.78. The predicted molar refractivity (Wildman–Crippen MR) is 165 cm³/mol. The van der Waals surface area contributed by atoms with Crippen LogP contribution >= 0.6 is 0 Å². The van der Waals surface area contributed by atoms with Gasteiger partial charge in [-0.25, -0.2) is 4.98 Å². The van der Waals surface area contributed by atoms with Gasteiger partial charge in [-0.2, -0.15) is 0 Å². The number of benzene rings is 4. The number of allylic oxidation sites excluding steroid dienone is 1. The molecule has 0 aliphatic rings. The second-order valence-corrected chi connectivity index (χ2v) is 9.84. The average Bonchev–Trinajstić information content (AvgIpc) is 3.56. The van der Waals surface area contributed by atoms with E-state index in [9.17, 15) is 4.79 Å². The predicted octanol–water partition coefficient (Wildman–Crippen LogP) is 7.95. The molecule has 0 unspecified atom stereocenters. The molecule has 0 saturated heterocycles. The molecule has 41 heavy (non-hydrogen) atoms. The first-order valence-corrected chi connectivity index (χ1v) is 13.7. The van der Waals surface area contributed by atoms with Crippen molar-refractivity contribution in [1.82, 2.24) is 14.0 Å². The van der Waals surface area contributed by atoms with Gasteiger partial charge in [-0.05, 0) is 53.5 Å². The lowest BCUT2D eigenvalue weighted by molar-refractivity contribution is 0.104. The third-order valence-electron chi connectivity index (χ3n) is 7.30. The molecule has 6 nitrogen and oxygen atoms in total. The van der Waals surface area contributed by atoms with Crippen molar-refractivity contribution in [1.29, 1.82) is 0 Å². The first-order chi connectivity index (χ1) is 20.1. The number of fused-ring (bicyclic) bond motifs is 3. The molecule has 6 heteroatoms. The van der Waals surface area contributed by atoms with Crippen molar-refractivity contribution in [2.45, 2.75) is 19.9 Å². The number of para-hydroxylation sites is 2. The van der Waals surface area contributed by atoms with Crippen LogP contribution in [0.4, 0.5) is 0 Å². The van der Waals surface area contributed by atoms with E-state index in [1.807, 2.05) is 71.1 Å². The van der Waals surface area contributed by atoms with Crippen LogP contribution in [0.15, 0.2) is 103 Å². The van der Waals surface area contributed by atoms with Crippen LogP contribution in [-0.4, -0.2) is 34.0 Å². The molecule has 204 valence electrons. The van der Waals surface area contributed by atoms with E-state index in [2.05, 4.69) is 41.8 Å². The zero-order chi connectivity index (χ0) is 28.3. The highest BCUT2D eigenvalue weighted by atomic mass is 16.5. The van der Waals surface area contributed by atoms with E-state index >= 15 is 0 Å². The number of carbonyl (C=O) groups excluding carboxylic acids is 1. The largest absolute Gasteiger partial charge is 0.493 e. The van der Waals surface area contributed by atoms with Crippen LogP contribution in [0.1, 0.15) is 29.4 Å². The summed E-state index contributed by atoms with van der Waals surface area (Å²) in [6, 6.07) is 32.3.